The number of nitrogens with one attached hydrogen (secondary N) is 1. The first-order valence-electron chi connectivity index (χ1n) is 6.79. The molecular weight excluding hydrogens is 262 g/mol. The maximum absolute atomic E-state index is 5.51. The van der Waals surface area contributed by atoms with Gasteiger partial charge >= 0.3 is 0 Å². The van der Waals surface area contributed by atoms with Crippen molar-refractivity contribution in [1.82, 2.24) is 5.32 Å². The minimum atomic E-state index is 0.662. The third-order valence-corrected chi connectivity index (χ3v) is 3.33. The fourth-order valence-electron chi connectivity index (χ4n) is 1.55. The summed E-state index contributed by atoms with van der Waals surface area (Å²) in [5.41, 5.74) is 1.41. The van der Waals surface area contributed by atoms with Crippen molar-refractivity contribution in [1.29, 1.82) is 0 Å². The van der Waals surface area contributed by atoms with Gasteiger partial charge in [-0.15, -0.1) is 0 Å². The highest BCUT2D eigenvalue weighted by atomic mass is 32.1. The Hall–Kier alpha value is -0.460. The lowest BCUT2D eigenvalue weighted by Gasteiger charge is -2.06. The first-order chi connectivity index (χ1) is 9.43. The van der Waals surface area contributed by atoms with Crippen molar-refractivity contribution in [3.8, 4) is 0 Å². The van der Waals surface area contributed by atoms with Crippen LogP contribution in [0.4, 0.5) is 0 Å². The SMILES string of the molecule is COCCOCCCOCCNCCc1ccsc1. The molecule has 4 nitrogen and oxygen atoms in total. The molecule has 0 fully saturated rings. The second-order valence-corrected chi connectivity index (χ2v) is 4.98. The van der Waals surface area contributed by atoms with Crippen LogP contribution in [-0.4, -0.2) is 53.2 Å². The Bertz CT molecular complexity index is 280. The minimum Gasteiger partial charge on any atom is -0.382 e. The highest BCUT2D eigenvalue weighted by Gasteiger charge is 1.94. The van der Waals surface area contributed by atoms with Gasteiger partial charge in [0.05, 0.1) is 19.8 Å². The van der Waals surface area contributed by atoms with Gasteiger partial charge in [-0.3, -0.25) is 0 Å². The lowest BCUT2D eigenvalue weighted by Crippen LogP contribution is -2.22. The van der Waals surface area contributed by atoms with Gasteiger partial charge in [0.2, 0.25) is 0 Å². The van der Waals surface area contributed by atoms with Crippen molar-refractivity contribution in [3.63, 3.8) is 0 Å². The number of ether oxygens (including phenoxy) is 3. The van der Waals surface area contributed by atoms with Gasteiger partial charge in [0.15, 0.2) is 0 Å². The van der Waals surface area contributed by atoms with Crippen molar-refractivity contribution in [2.24, 2.45) is 0 Å². The van der Waals surface area contributed by atoms with E-state index in [1.54, 1.807) is 18.4 Å². The predicted octanol–water partition coefficient (Wildman–Crippen LogP) is 1.95. The van der Waals surface area contributed by atoms with Crippen molar-refractivity contribution < 1.29 is 14.2 Å². The molecule has 0 amide bonds. The van der Waals surface area contributed by atoms with Gasteiger partial charge in [-0.05, 0) is 41.8 Å². The van der Waals surface area contributed by atoms with Crippen molar-refractivity contribution in [3.05, 3.63) is 22.4 Å². The fourth-order valence-corrected chi connectivity index (χ4v) is 2.25. The van der Waals surface area contributed by atoms with E-state index in [1.807, 2.05) is 0 Å². The summed E-state index contributed by atoms with van der Waals surface area (Å²) in [5, 5.41) is 7.69. The van der Waals surface area contributed by atoms with E-state index in [1.165, 1.54) is 5.56 Å². The van der Waals surface area contributed by atoms with E-state index in [9.17, 15) is 0 Å². The lowest BCUT2D eigenvalue weighted by atomic mass is 10.2. The second kappa shape index (κ2) is 12.6. The highest BCUT2D eigenvalue weighted by Crippen LogP contribution is 2.05. The molecule has 1 N–H and O–H groups in total. The first kappa shape index (κ1) is 16.6. The average molecular weight is 287 g/mol. The van der Waals surface area contributed by atoms with Gasteiger partial charge < -0.3 is 19.5 Å². The molecule has 0 aromatic carbocycles. The van der Waals surface area contributed by atoms with Crippen molar-refractivity contribution in [2.45, 2.75) is 12.8 Å². The third-order valence-electron chi connectivity index (χ3n) is 2.60. The van der Waals surface area contributed by atoms with E-state index in [2.05, 4.69) is 22.1 Å². The molecule has 1 rings (SSSR count). The van der Waals surface area contributed by atoms with Crippen LogP contribution in [0.1, 0.15) is 12.0 Å². The Labute approximate surface area is 120 Å². The standard InChI is InChI=1S/C14H25NO3S/c1-16-10-11-18-8-2-7-17-9-6-15-5-3-14-4-12-19-13-14/h4,12-13,15H,2-3,5-11H2,1H3. The Balaban J connectivity index is 1.72. The predicted molar refractivity (Wildman–Crippen MR) is 79.0 cm³/mol. The number of hydrogen-bond acceptors (Lipinski definition) is 5. The zero-order chi connectivity index (χ0) is 13.6. The Morgan fingerprint density at radius 2 is 1.89 bits per heavy atom. The summed E-state index contributed by atoms with van der Waals surface area (Å²) in [6, 6.07) is 2.17. The largest absolute Gasteiger partial charge is 0.382 e. The monoisotopic (exact) mass is 287 g/mol. The van der Waals surface area contributed by atoms with E-state index in [4.69, 9.17) is 14.2 Å². The maximum Gasteiger partial charge on any atom is 0.0700 e. The number of hydrogen-bond donors (Lipinski definition) is 1. The van der Waals surface area contributed by atoms with Crippen molar-refractivity contribution in [2.75, 3.05) is 53.2 Å². The first-order valence-corrected chi connectivity index (χ1v) is 7.74. The molecule has 1 heterocycles. The van der Waals surface area contributed by atoms with Crippen molar-refractivity contribution >= 4 is 11.3 Å². The van der Waals surface area contributed by atoms with E-state index in [-0.39, 0.29) is 0 Å². The second-order valence-electron chi connectivity index (χ2n) is 4.20. The highest BCUT2D eigenvalue weighted by molar-refractivity contribution is 7.07. The molecule has 0 unspecified atom stereocenters. The van der Waals surface area contributed by atoms with Gasteiger partial charge in [0.25, 0.3) is 0 Å². The summed E-state index contributed by atoms with van der Waals surface area (Å²) in [7, 11) is 1.68. The molecule has 1 aromatic rings. The summed E-state index contributed by atoms with van der Waals surface area (Å²) in [6.45, 7) is 5.53. The molecular formula is C14H25NO3S. The molecule has 0 bridgehead atoms. The topological polar surface area (TPSA) is 39.7 Å². The van der Waals surface area contributed by atoms with Crippen LogP contribution in [0.3, 0.4) is 0 Å². The Morgan fingerprint density at radius 3 is 2.63 bits per heavy atom. The van der Waals surface area contributed by atoms with Crippen LogP contribution >= 0.6 is 11.3 Å². The molecule has 0 atom stereocenters. The molecule has 110 valence electrons. The molecule has 0 aliphatic rings. The van der Waals surface area contributed by atoms with Crippen LogP contribution in [0, 0.1) is 0 Å². The third kappa shape index (κ3) is 10.0. The maximum atomic E-state index is 5.51. The minimum absolute atomic E-state index is 0.662. The zero-order valence-corrected chi connectivity index (χ0v) is 12.5. The Morgan fingerprint density at radius 1 is 1.05 bits per heavy atom. The molecule has 0 aliphatic heterocycles. The zero-order valence-electron chi connectivity index (χ0n) is 11.7. The number of rotatable bonds is 13. The van der Waals surface area contributed by atoms with E-state index in [0.29, 0.717) is 13.2 Å². The van der Waals surface area contributed by atoms with Crippen LogP contribution in [0.15, 0.2) is 16.8 Å². The Kier molecular flexibility index (Phi) is 11.0. The summed E-state index contributed by atoms with van der Waals surface area (Å²) in [6.07, 6.45) is 2.04. The quantitative estimate of drug-likeness (QED) is 0.563. The van der Waals surface area contributed by atoms with Gasteiger partial charge in [-0.1, -0.05) is 0 Å². The molecule has 0 saturated carbocycles. The van der Waals surface area contributed by atoms with E-state index in [0.717, 1.165) is 45.8 Å². The van der Waals surface area contributed by atoms with Crippen LogP contribution < -0.4 is 5.32 Å². The normalized spacial score (nSPS) is 11.0. The van der Waals surface area contributed by atoms with Crippen LogP contribution in [0.2, 0.25) is 0 Å². The van der Waals surface area contributed by atoms with E-state index >= 15 is 0 Å². The fraction of sp³-hybridized carbons (Fsp3) is 0.714. The van der Waals surface area contributed by atoms with Crippen LogP contribution in [-0.2, 0) is 20.6 Å². The molecule has 5 heteroatoms. The molecule has 0 saturated heterocycles. The van der Waals surface area contributed by atoms with Crippen LogP contribution in [0.25, 0.3) is 0 Å². The molecule has 0 spiro atoms. The summed E-state index contributed by atoms with van der Waals surface area (Å²) in [4.78, 5) is 0. The van der Waals surface area contributed by atoms with E-state index < -0.39 is 0 Å². The summed E-state index contributed by atoms with van der Waals surface area (Å²) in [5.74, 6) is 0. The smallest absolute Gasteiger partial charge is 0.0700 e. The number of methoxy groups -OCH3 is 1. The molecule has 1 aromatic heterocycles. The number of thiophene rings is 1. The van der Waals surface area contributed by atoms with Gasteiger partial charge in [-0.25, -0.2) is 0 Å². The summed E-state index contributed by atoms with van der Waals surface area (Å²) < 4.78 is 15.7. The van der Waals surface area contributed by atoms with Crippen LogP contribution in [0.5, 0.6) is 0 Å². The van der Waals surface area contributed by atoms with Gasteiger partial charge in [-0.2, -0.15) is 11.3 Å². The summed E-state index contributed by atoms with van der Waals surface area (Å²) >= 11 is 1.75. The molecule has 0 radical (unpaired) electrons. The molecule has 0 aliphatic carbocycles. The lowest BCUT2D eigenvalue weighted by molar-refractivity contribution is 0.0519. The average Bonchev–Trinajstić information content (AvgIpc) is 2.93. The molecule has 19 heavy (non-hydrogen) atoms. The van der Waals surface area contributed by atoms with Gasteiger partial charge in [0, 0.05) is 26.9 Å². The van der Waals surface area contributed by atoms with Gasteiger partial charge in [0.1, 0.15) is 0 Å².